The van der Waals surface area contributed by atoms with Crippen molar-refractivity contribution in [3.63, 3.8) is 0 Å². The first-order chi connectivity index (χ1) is 5.74. The van der Waals surface area contributed by atoms with Gasteiger partial charge in [0, 0.05) is 0 Å². The van der Waals surface area contributed by atoms with E-state index in [0.717, 1.165) is 11.8 Å². The van der Waals surface area contributed by atoms with Crippen LogP contribution in [0.3, 0.4) is 0 Å². The van der Waals surface area contributed by atoms with Gasteiger partial charge in [0.05, 0.1) is 0 Å². The van der Waals surface area contributed by atoms with Crippen LogP contribution in [0.25, 0.3) is 0 Å². The van der Waals surface area contributed by atoms with E-state index in [4.69, 9.17) is 0 Å². The number of nitrogens with one attached hydrogen (secondary N) is 1. The van der Waals surface area contributed by atoms with E-state index < -0.39 is 0 Å². The number of rotatable bonds is 4. The summed E-state index contributed by atoms with van der Waals surface area (Å²) < 4.78 is 0. The topological polar surface area (TPSA) is 12.0 Å². The minimum Gasteiger partial charge on any atom is -0.319 e. The van der Waals surface area contributed by atoms with E-state index in [2.05, 4.69) is 25.9 Å². The Morgan fingerprint density at radius 2 is 2.08 bits per heavy atom. The molecule has 0 heterocycles. The van der Waals surface area contributed by atoms with Gasteiger partial charge in [-0.1, -0.05) is 12.0 Å². The van der Waals surface area contributed by atoms with E-state index >= 15 is 0 Å². The standard InChI is InChI=1S/C11H21N/c1-9(2)7-10-5-4-6-11(10)8-12-3/h10-12H,1,4-8H2,2-3H3. The van der Waals surface area contributed by atoms with E-state index in [0.29, 0.717) is 0 Å². The first kappa shape index (κ1) is 9.79. The summed E-state index contributed by atoms with van der Waals surface area (Å²) in [7, 11) is 2.05. The normalized spacial score (nSPS) is 29.2. The van der Waals surface area contributed by atoms with Crippen molar-refractivity contribution in [3.8, 4) is 0 Å². The monoisotopic (exact) mass is 167 g/mol. The largest absolute Gasteiger partial charge is 0.319 e. The van der Waals surface area contributed by atoms with E-state index in [1.54, 1.807) is 0 Å². The van der Waals surface area contributed by atoms with Crippen LogP contribution in [0.5, 0.6) is 0 Å². The number of hydrogen-bond donors (Lipinski definition) is 1. The molecule has 1 aliphatic rings. The number of hydrogen-bond acceptors (Lipinski definition) is 1. The maximum absolute atomic E-state index is 3.99. The minimum absolute atomic E-state index is 0.909. The van der Waals surface area contributed by atoms with Crippen LogP contribution >= 0.6 is 0 Å². The van der Waals surface area contributed by atoms with Gasteiger partial charge in [-0.25, -0.2) is 0 Å². The van der Waals surface area contributed by atoms with Crippen molar-refractivity contribution in [1.82, 2.24) is 5.32 Å². The van der Waals surface area contributed by atoms with Crippen LogP contribution < -0.4 is 5.32 Å². The maximum Gasteiger partial charge on any atom is -0.00208 e. The lowest BCUT2D eigenvalue weighted by Crippen LogP contribution is -2.22. The summed E-state index contributed by atoms with van der Waals surface area (Å²) in [5, 5.41) is 3.28. The van der Waals surface area contributed by atoms with Crippen LogP contribution in [0.4, 0.5) is 0 Å². The zero-order valence-corrected chi connectivity index (χ0v) is 8.40. The van der Waals surface area contributed by atoms with Crippen molar-refractivity contribution in [3.05, 3.63) is 12.2 Å². The molecule has 0 bridgehead atoms. The van der Waals surface area contributed by atoms with E-state index in [1.807, 2.05) is 0 Å². The van der Waals surface area contributed by atoms with Gasteiger partial charge < -0.3 is 5.32 Å². The molecule has 1 nitrogen and oxygen atoms in total. The third-order valence-corrected chi connectivity index (χ3v) is 2.89. The third kappa shape index (κ3) is 2.63. The van der Waals surface area contributed by atoms with Crippen LogP contribution in [-0.4, -0.2) is 13.6 Å². The molecule has 1 aliphatic carbocycles. The molecule has 12 heavy (non-hydrogen) atoms. The Bertz CT molecular complexity index is 151. The van der Waals surface area contributed by atoms with Crippen molar-refractivity contribution >= 4 is 0 Å². The van der Waals surface area contributed by atoms with Gasteiger partial charge in [-0.15, -0.1) is 6.58 Å². The lowest BCUT2D eigenvalue weighted by Gasteiger charge is -2.18. The van der Waals surface area contributed by atoms with Crippen molar-refractivity contribution in [2.75, 3.05) is 13.6 Å². The van der Waals surface area contributed by atoms with Crippen molar-refractivity contribution < 1.29 is 0 Å². The van der Waals surface area contributed by atoms with Gasteiger partial charge in [0.25, 0.3) is 0 Å². The second-order valence-corrected chi connectivity index (χ2v) is 4.17. The lowest BCUT2D eigenvalue weighted by molar-refractivity contribution is 0.374. The van der Waals surface area contributed by atoms with E-state index in [9.17, 15) is 0 Å². The fourth-order valence-corrected chi connectivity index (χ4v) is 2.36. The van der Waals surface area contributed by atoms with Gasteiger partial charge in [0.1, 0.15) is 0 Å². The van der Waals surface area contributed by atoms with Crippen molar-refractivity contribution in [1.29, 1.82) is 0 Å². The quantitative estimate of drug-likeness (QED) is 0.635. The molecule has 0 radical (unpaired) electrons. The predicted octanol–water partition coefficient (Wildman–Crippen LogP) is 2.59. The highest BCUT2D eigenvalue weighted by Crippen LogP contribution is 2.35. The zero-order valence-electron chi connectivity index (χ0n) is 8.40. The Balaban J connectivity index is 2.35. The third-order valence-electron chi connectivity index (χ3n) is 2.89. The van der Waals surface area contributed by atoms with Gasteiger partial charge in [0.15, 0.2) is 0 Å². The Hall–Kier alpha value is -0.300. The highest BCUT2D eigenvalue weighted by molar-refractivity contribution is 4.94. The molecule has 0 aromatic carbocycles. The van der Waals surface area contributed by atoms with Gasteiger partial charge >= 0.3 is 0 Å². The Kier molecular flexibility index (Phi) is 3.80. The molecular formula is C11H21N. The molecule has 0 aliphatic heterocycles. The van der Waals surface area contributed by atoms with E-state index in [-0.39, 0.29) is 0 Å². The highest BCUT2D eigenvalue weighted by Gasteiger charge is 2.25. The second kappa shape index (κ2) is 4.66. The molecule has 1 saturated carbocycles. The average Bonchev–Trinajstić information content (AvgIpc) is 2.37. The molecule has 1 N–H and O–H groups in total. The van der Waals surface area contributed by atoms with Crippen LogP contribution in [0.1, 0.15) is 32.6 Å². The van der Waals surface area contributed by atoms with Crippen molar-refractivity contribution in [2.45, 2.75) is 32.6 Å². The first-order valence-electron chi connectivity index (χ1n) is 5.03. The lowest BCUT2D eigenvalue weighted by atomic mass is 9.90. The molecule has 70 valence electrons. The molecule has 2 atom stereocenters. The molecule has 1 heteroatoms. The first-order valence-corrected chi connectivity index (χ1v) is 5.03. The maximum atomic E-state index is 3.99. The van der Waals surface area contributed by atoms with Crippen LogP contribution in [0, 0.1) is 11.8 Å². The zero-order chi connectivity index (χ0) is 8.97. The predicted molar refractivity (Wildman–Crippen MR) is 54.2 cm³/mol. The molecule has 0 spiro atoms. The van der Waals surface area contributed by atoms with Crippen LogP contribution in [0.15, 0.2) is 12.2 Å². The summed E-state index contributed by atoms with van der Waals surface area (Å²) in [6, 6.07) is 0. The molecular weight excluding hydrogens is 146 g/mol. The van der Waals surface area contributed by atoms with Gasteiger partial charge in [-0.2, -0.15) is 0 Å². The Morgan fingerprint density at radius 3 is 2.67 bits per heavy atom. The van der Waals surface area contributed by atoms with E-state index in [1.165, 1.54) is 37.8 Å². The minimum atomic E-state index is 0.909. The molecule has 1 rings (SSSR count). The number of allylic oxidation sites excluding steroid dienone is 1. The summed E-state index contributed by atoms with van der Waals surface area (Å²) in [6.07, 6.45) is 5.49. The SMILES string of the molecule is C=C(C)CC1CCCC1CNC. The smallest absolute Gasteiger partial charge is 0.00208 e. The molecule has 0 aromatic heterocycles. The summed E-state index contributed by atoms with van der Waals surface area (Å²) in [5.74, 6) is 1.82. The second-order valence-electron chi connectivity index (χ2n) is 4.17. The Labute approximate surface area is 76.2 Å². The van der Waals surface area contributed by atoms with Crippen molar-refractivity contribution in [2.24, 2.45) is 11.8 Å². The summed E-state index contributed by atoms with van der Waals surface area (Å²) >= 11 is 0. The van der Waals surface area contributed by atoms with Crippen LogP contribution in [0.2, 0.25) is 0 Å². The van der Waals surface area contributed by atoms with Gasteiger partial charge in [-0.05, 0) is 51.6 Å². The molecule has 0 saturated heterocycles. The summed E-state index contributed by atoms with van der Waals surface area (Å²) in [6.45, 7) is 7.33. The molecule has 2 unspecified atom stereocenters. The highest BCUT2D eigenvalue weighted by atomic mass is 14.8. The average molecular weight is 167 g/mol. The fourth-order valence-electron chi connectivity index (χ4n) is 2.36. The molecule has 1 fully saturated rings. The van der Waals surface area contributed by atoms with Crippen LogP contribution in [-0.2, 0) is 0 Å². The summed E-state index contributed by atoms with van der Waals surface area (Å²) in [5.41, 5.74) is 1.35. The fraction of sp³-hybridized carbons (Fsp3) is 0.818. The Morgan fingerprint density at radius 1 is 1.42 bits per heavy atom. The molecule has 0 amide bonds. The summed E-state index contributed by atoms with van der Waals surface area (Å²) in [4.78, 5) is 0. The molecule has 0 aromatic rings. The van der Waals surface area contributed by atoms with Gasteiger partial charge in [-0.3, -0.25) is 0 Å². The van der Waals surface area contributed by atoms with Gasteiger partial charge in [0.2, 0.25) is 0 Å².